The molecular formula is C14H18N2O4. The first kappa shape index (κ1) is 14.5. The van der Waals surface area contributed by atoms with Gasteiger partial charge < -0.3 is 9.64 Å². The fourth-order valence-electron chi connectivity index (χ4n) is 2.52. The molecule has 0 bridgehead atoms. The molecule has 1 aromatic rings. The first-order valence-electron chi connectivity index (χ1n) is 6.58. The summed E-state index contributed by atoms with van der Waals surface area (Å²) in [7, 11) is 0. The van der Waals surface area contributed by atoms with Crippen molar-refractivity contribution in [2.24, 2.45) is 0 Å². The third kappa shape index (κ3) is 2.96. The van der Waals surface area contributed by atoms with Gasteiger partial charge in [-0.1, -0.05) is 0 Å². The molecule has 1 heterocycles. The third-order valence-corrected chi connectivity index (χ3v) is 3.35. The number of hydrogen-bond acceptors (Lipinski definition) is 4. The summed E-state index contributed by atoms with van der Waals surface area (Å²) in [6.07, 6.45) is 0.00342. The summed E-state index contributed by atoms with van der Waals surface area (Å²) < 4.78 is 5.59. The number of hydrogen-bond donors (Lipinski definition) is 0. The zero-order valence-electron chi connectivity index (χ0n) is 11.8. The highest BCUT2D eigenvalue weighted by Gasteiger charge is 2.27. The lowest BCUT2D eigenvalue weighted by Gasteiger charge is -2.35. The largest absolute Gasteiger partial charge is 0.372 e. The van der Waals surface area contributed by atoms with Gasteiger partial charge in [0.2, 0.25) is 0 Å². The fourth-order valence-corrected chi connectivity index (χ4v) is 2.52. The number of nitro benzene ring substituents is 1. The SMILES string of the molecule is Cc1cc(C(=O)N2C[C@@H](C)O[C@H](C)C2)ccc1[N+](=O)[O-]. The van der Waals surface area contributed by atoms with E-state index in [1.54, 1.807) is 17.9 Å². The van der Waals surface area contributed by atoms with E-state index in [2.05, 4.69) is 0 Å². The standard InChI is InChI=1S/C14H18N2O4/c1-9-6-12(4-5-13(9)16(18)19)14(17)15-7-10(2)20-11(3)8-15/h4-6,10-11H,7-8H2,1-3H3/t10-,11-/m1/s1. The van der Waals surface area contributed by atoms with Gasteiger partial charge in [-0.15, -0.1) is 0 Å². The number of carbonyl (C=O) groups is 1. The predicted octanol–water partition coefficient (Wildman–Crippen LogP) is 2.15. The van der Waals surface area contributed by atoms with E-state index in [1.165, 1.54) is 12.1 Å². The number of morpholine rings is 1. The third-order valence-electron chi connectivity index (χ3n) is 3.35. The lowest BCUT2D eigenvalue weighted by atomic mass is 10.1. The lowest BCUT2D eigenvalue weighted by Crippen LogP contribution is -2.48. The minimum absolute atomic E-state index is 0.00171. The minimum Gasteiger partial charge on any atom is -0.372 e. The van der Waals surface area contributed by atoms with Crippen LogP contribution in [0.25, 0.3) is 0 Å². The molecular weight excluding hydrogens is 260 g/mol. The molecule has 0 unspecified atom stereocenters. The van der Waals surface area contributed by atoms with Crippen LogP contribution in [0.3, 0.4) is 0 Å². The highest BCUT2D eigenvalue weighted by Crippen LogP contribution is 2.21. The van der Waals surface area contributed by atoms with Crippen molar-refractivity contribution >= 4 is 11.6 Å². The molecule has 20 heavy (non-hydrogen) atoms. The number of amides is 1. The number of nitrogens with zero attached hydrogens (tertiary/aromatic N) is 2. The van der Waals surface area contributed by atoms with Crippen molar-refractivity contribution in [3.05, 3.63) is 39.4 Å². The summed E-state index contributed by atoms with van der Waals surface area (Å²) >= 11 is 0. The topological polar surface area (TPSA) is 72.7 Å². The number of nitro groups is 1. The molecule has 0 radical (unpaired) electrons. The van der Waals surface area contributed by atoms with Crippen LogP contribution in [0.15, 0.2) is 18.2 Å². The molecule has 6 nitrogen and oxygen atoms in total. The fraction of sp³-hybridized carbons (Fsp3) is 0.500. The minimum atomic E-state index is -0.442. The summed E-state index contributed by atoms with van der Waals surface area (Å²) in [6.45, 7) is 6.58. The van der Waals surface area contributed by atoms with Crippen molar-refractivity contribution in [2.75, 3.05) is 13.1 Å². The molecule has 1 aliphatic rings. The first-order valence-corrected chi connectivity index (χ1v) is 6.58. The van der Waals surface area contributed by atoms with E-state index in [9.17, 15) is 14.9 Å². The first-order chi connectivity index (χ1) is 9.38. The highest BCUT2D eigenvalue weighted by molar-refractivity contribution is 5.94. The molecule has 1 amide bonds. The van der Waals surface area contributed by atoms with Gasteiger partial charge in [-0.25, -0.2) is 0 Å². The molecule has 6 heteroatoms. The molecule has 1 fully saturated rings. The second-order valence-electron chi connectivity index (χ2n) is 5.23. The molecule has 2 rings (SSSR count). The maximum Gasteiger partial charge on any atom is 0.272 e. The predicted molar refractivity (Wildman–Crippen MR) is 73.7 cm³/mol. The normalized spacial score (nSPS) is 22.6. The lowest BCUT2D eigenvalue weighted by molar-refractivity contribution is -0.385. The summed E-state index contributed by atoms with van der Waals surface area (Å²) in [5.74, 6) is -0.106. The quantitative estimate of drug-likeness (QED) is 0.613. The Morgan fingerprint density at radius 1 is 1.35 bits per heavy atom. The maximum absolute atomic E-state index is 12.4. The monoisotopic (exact) mass is 278 g/mol. The molecule has 1 aliphatic heterocycles. The van der Waals surface area contributed by atoms with Crippen LogP contribution in [0.4, 0.5) is 5.69 Å². The Balaban J connectivity index is 2.21. The van der Waals surface area contributed by atoms with Crippen LogP contribution in [-0.4, -0.2) is 41.0 Å². The van der Waals surface area contributed by atoms with Crippen LogP contribution in [0, 0.1) is 17.0 Å². The Morgan fingerprint density at radius 3 is 2.45 bits per heavy atom. The van der Waals surface area contributed by atoms with Gasteiger partial charge in [-0.2, -0.15) is 0 Å². The molecule has 108 valence electrons. The van der Waals surface area contributed by atoms with Gasteiger partial charge in [0.25, 0.3) is 11.6 Å². The average Bonchev–Trinajstić information content (AvgIpc) is 2.36. The summed E-state index contributed by atoms with van der Waals surface area (Å²) in [4.78, 5) is 24.5. The van der Waals surface area contributed by atoms with Crippen LogP contribution in [-0.2, 0) is 4.74 Å². The van der Waals surface area contributed by atoms with Gasteiger partial charge in [0.15, 0.2) is 0 Å². The molecule has 0 spiro atoms. The zero-order chi connectivity index (χ0) is 14.9. The van der Waals surface area contributed by atoms with Gasteiger partial charge >= 0.3 is 0 Å². The second kappa shape index (κ2) is 5.58. The number of benzene rings is 1. The summed E-state index contributed by atoms with van der Waals surface area (Å²) in [6, 6.07) is 4.47. The Kier molecular flexibility index (Phi) is 4.04. The van der Waals surface area contributed by atoms with E-state index in [0.29, 0.717) is 24.2 Å². The van der Waals surface area contributed by atoms with E-state index < -0.39 is 4.92 Å². The smallest absolute Gasteiger partial charge is 0.272 e. The van der Waals surface area contributed by atoms with Crippen molar-refractivity contribution in [1.82, 2.24) is 4.90 Å². The van der Waals surface area contributed by atoms with Crippen molar-refractivity contribution in [3.8, 4) is 0 Å². The molecule has 1 saturated heterocycles. The van der Waals surface area contributed by atoms with Gasteiger partial charge in [-0.3, -0.25) is 14.9 Å². The van der Waals surface area contributed by atoms with E-state index in [0.717, 1.165) is 0 Å². The van der Waals surface area contributed by atoms with Gasteiger partial charge in [0.05, 0.1) is 17.1 Å². The van der Waals surface area contributed by atoms with E-state index in [1.807, 2.05) is 13.8 Å². The number of rotatable bonds is 2. The van der Waals surface area contributed by atoms with Gasteiger partial charge in [-0.05, 0) is 32.9 Å². The van der Waals surface area contributed by atoms with Crippen molar-refractivity contribution in [2.45, 2.75) is 33.0 Å². The van der Waals surface area contributed by atoms with Crippen molar-refractivity contribution in [1.29, 1.82) is 0 Å². The maximum atomic E-state index is 12.4. The molecule has 2 atom stereocenters. The second-order valence-corrected chi connectivity index (χ2v) is 5.23. The van der Waals surface area contributed by atoms with Crippen LogP contribution in [0.2, 0.25) is 0 Å². The molecule has 0 aromatic heterocycles. The number of ether oxygens (including phenoxy) is 1. The van der Waals surface area contributed by atoms with Gasteiger partial charge in [0, 0.05) is 30.3 Å². The van der Waals surface area contributed by atoms with Crippen LogP contribution < -0.4 is 0 Å². The van der Waals surface area contributed by atoms with Gasteiger partial charge in [0.1, 0.15) is 0 Å². The summed E-state index contributed by atoms with van der Waals surface area (Å²) in [5, 5.41) is 10.8. The molecule has 0 aliphatic carbocycles. The molecule has 1 aromatic carbocycles. The zero-order valence-corrected chi connectivity index (χ0v) is 11.8. The molecule has 0 N–H and O–H groups in total. The summed E-state index contributed by atoms with van der Waals surface area (Å²) in [5.41, 5.74) is 1.01. The molecule has 0 saturated carbocycles. The Labute approximate surface area is 117 Å². The van der Waals surface area contributed by atoms with Crippen LogP contribution in [0.5, 0.6) is 0 Å². The van der Waals surface area contributed by atoms with E-state index >= 15 is 0 Å². The Bertz CT molecular complexity index is 534. The van der Waals surface area contributed by atoms with Crippen molar-refractivity contribution < 1.29 is 14.5 Å². The van der Waals surface area contributed by atoms with Crippen LogP contribution in [0.1, 0.15) is 29.8 Å². The average molecular weight is 278 g/mol. The number of aryl methyl sites for hydroxylation is 1. The highest BCUT2D eigenvalue weighted by atomic mass is 16.6. The van der Waals surface area contributed by atoms with E-state index in [-0.39, 0.29) is 23.8 Å². The Hall–Kier alpha value is -1.95. The van der Waals surface area contributed by atoms with Crippen LogP contribution >= 0.6 is 0 Å². The Morgan fingerprint density at radius 2 is 1.95 bits per heavy atom. The van der Waals surface area contributed by atoms with Crippen molar-refractivity contribution in [3.63, 3.8) is 0 Å². The van der Waals surface area contributed by atoms with E-state index in [4.69, 9.17) is 4.74 Å². The number of carbonyl (C=O) groups excluding carboxylic acids is 1.